The quantitative estimate of drug-likeness (QED) is 0.925. The van der Waals surface area contributed by atoms with E-state index in [-0.39, 0.29) is 17.5 Å². The number of anilines is 2. The Bertz CT molecular complexity index is 630. The van der Waals surface area contributed by atoms with E-state index < -0.39 is 15.8 Å². The number of ether oxygens (including phenoxy) is 1. The van der Waals surface area contributed by atoms with Crippen molar-refractivity contribution in [3.05, 3.63) is 24.0 Å². The Labute approximate surface area is 130 Å². The molecule has 0 aliphatic carbocycles. The third-order valence-electron chi connectivity index (χ3n) is 4.10. The van der Waals surface area contributed by atoms with Crippen LogP contribution in [0.15, 0.2) is 18.2 Å². The highest BCUT2D eigenvalue weighted by molar-refractivity contribution is 7.92. The van der Waals surface area contributed by atoms with Crippen LogP contribution in [0.5, 0.6) is 0 Å². The van der Waals surface area contributed by atoms with Crippen LogP contribution in [0.4, 0.5) is 15.8 Å². The molecular weight excluding hydrogens is 307 g/mol. The Morgan fingerprint density at radius 1 is 1.27 bits per heavy atom. The van der Waals surface area contributed by atoms with E-state index in [1.165, 1.54) is 10.4 Å². The van der Waals surface area contributed by atoms with Gasteiger partial charge in [0.25, 0.3) is 0 Å². The first kappa shape index (κ1) is 15.6. The lowest BCUT2D eigenvalue weighted by Gasteiger charge is -2.29. The molecule has 1 unspecified atom stereocenters. The SMILES string of the molecule is O=S1(=O)CCCCN1c1ccc(NC2CCCOC2)cc1F. The molecule has 1 atom stereocenters. The molecule has 2 aliphatic rings. The zero-order valence-electron chi connectivity index (χ0n) is 12.4. The summed E-state index contributed by atoms with van der Waals surface area (Å²) in [4.78, 5) is 0. The molecule has 3 rings (SSSR count). The van der Waals surface area contributed by atoms with E-state index in [0.717, 1.165) is 25.9 Å². The van der Waals surface area contributed by atoms with Gasteiger partial charge in [0.1, 0.15) is 5.82 Å². The lowest BCUT2D eigenvalue weighted by Crippen LogP contribution is -2.38. The lowest BCUT2D eigenvalue weighted by molar-refractivity contribution is 0.0876. The monoisotopic (exact) mass is 328 g/mol. The van der Waals surface area contributed by atoms with Gasteiger partial charge < -0.3 is 10.1 Å². The van der Waals surface area contributed by atoms with Gasteiger partial charge in [-0.05, 0) is 43.9 Å². The highest BCUT2D eigenvalue weighted by Crippen LogP contribution is 2.28. The minimum absolute atomic E-state index is 0.0891. The molecule has 0 saturated carbocycles. The van der Waals surface area contributed by atoms with Gasteiger partial charge >= 0.3 is 0 Å². The molecule has 0 aromatic heterocycles. The van der Waals surface area contributed by atoms with Crippen LogP contribution >= 0.6 is 0 Å². The molecule has 0 spiro atoms. The smallest absolute Gasteiger partial charge is 0.235 e. The topological polar surface area (TPSA) is 58.6 Å². The van der Waals surface area contributed by atoms with Gasteiger partial charge in [0.2, 0.25) is 10.0 Å². The number of rotatable bonds is 3. The fourth-order valence-electron chi connectivity index (χ4n) is 2.95. The second-order valence-corrected chi connectivity index (χ2v) is 7.83. The number of nitrogens with zero attached hydrogens (tertiary/aromatic N) is 1. The Morgan fingerprint density at radius 3 is 2.82 bits per heavy atom. The summed E-state index contributed by atoms with van der Waals surface area (Å²) in [5.74, 6) is -0.418. The Kier molecular flexibility index (Phi) is 4.54. The number of nitrogens with one attached hydrogen (secondary N) is 1. The first-order valence-electron chi connectivity index (χ1n) is 7.70. The zero-order valence-corrected chi connectivity index (χ0v) is 13.2. The zero-order chi connectivity index (χ0) is 15.6. The third kappa shape index (κ3) is 3.35. The van der Waals surface area contributed by atoms with Gasteiger partial charge in [-0.15, -0.1) is 0 Å². The lowest BCUT2D eigenvalue weighted by atomic mass is 10.1. The van der Waals surface area contributed by atoms with Crippen LogP contribution in [-0.4, -0.2) is 40.0 Å². The first-order chi connectivity index (χ1) is 10.6. The molecule has 1 N–H and O–H groups in total. The minimum atomic E-state index is -3.39. The largest absolute Gasteiger partial charge is 0.380 e. The average Bonchev–Trinajstić information content (AvgIpc) is 2.49. The summed E-state index contributed by atoms with van der Waals surface area (Å²) in [7, 11) is -3.39. The number of halogens is 1. The van der Waals surface area contributed by atoms with Gasteiger partial charge in [-0.25, -0.2) is 12.8 Å². The highest BCUT2D eigenvalue weighted by Gasteiger charge is 2.28. The van der Waals surface area contributed by atoms with Crippen LogP contribution in [0.1, 0.15) is 25.7 Å². The van der Waals surface area contributed by atoms with Crippen molar-refractivity contribution >= 4 is 21.4 Å². The Hall–Kier alpha value is -1.34. The van der Waals surface area contributed by atoms with Crippen LogP contribution in [0, 0.1) is 5.82 Å². The summed E-state index contributed by atoms with van der Waals surface area (Å²) in [6.07, 6.45) is 3.38. The van der Waals surface area contributed by atoms with E-state index >= 15 is 0 Å². The highest BCUT2D eigenvalue weighted by atomic mass is 32.2. The van der Waals surface area contributed by atoms with E-state index in [2.05, 4.69) is 5.32 Å². The molecule has 2 heterocycles. The predicted molar refractivity (Wildman–Crippen MR) is 84.2 cm³/mol. The van der Waals surface area contributed by atoms with Crippen molar-refractivity contribution in [2.45, 2.75) is 31.7 Å². The molecular formula is C15H21FN2O3S. The van der Waals surface area contributed by atoms with Gasteiger partial charge in [-0.3, -0.25) is 4.31 Å². The van der Waals surface area contributed by atoms with Crippen molar-refractivity contribution in [2.75, 3.05) is 35.1 Å². The van der Waals surface area contributed by atoms with Crippen molar-refractivity contribution in [2.24, 2.45) is 0 Å². The molecule has 1 aromatic carbocycles. The average molecular weight is 328 g/mol. The summed E-state index contributed by atoms with van der Waals surface area (Å²) in [5.41, 5.74) is 0.802. The fraction of sp³-hybridized carbons (Fsp3) is 0.600. The molecule has 2 fully saturated rings. The third-order valence-corrected chi connectivity index (χ3v) is 5.95. The summed E-state index contributed by atoms with van der Waals surface area (Å²) in [6.45, 7) is 1.74. The number of hydrogen-bond acceptors (Lipinski definition) is 4. The maximum atomic E-state index is 14.4. The molecule has 7 heteroatoms. The van der Waals surface area contributed by atoms with Crippen molar-refractivity contribution < 1.29 is 17.5 Å². The van der Waals surface area contributed by atoms with Gasteiger partial charge in [0.15, 0.2) is 0 Å². The van der Waals surface area contributed by atoms with Gasteiger partial charge in [-0.1, -0.05) is 0 Å². The van der Waals surface area contributed by atoms with Crippen molar-refractivity contribution in [3.8, 4) is 0 Å². The van der Waals surface area contributed by atoms with E-state index in [4.69, 9.17) is 4.74 Å². The van der Waals surface area contributed by atoms with E-state index in [0.29, 0.717) is 25.3 Å². The molecule has 2 saturated heterocycles. The molecule has 2 aliphatic heterocycles. The number of sulfonamides is 1. The Morgan fingerprint density at radius 2 is 2.14 bits per heavy atom. The van der Waals surface area contributed by atoms with Crippen LogP contribution in [0.3, 0.4) is 0 Å². The summed E-state index contributed by atoms with van der Waals surface area (Å²) in [5, 5.41) is 3.24. The number of benzene rings is 1. The van der Waals surface area contributed by atoms with E-state index in [9.17, 15) is 12.8 Å². The molecule has 0 amide bonds. The molecule has 22 heavy (non-hydrogen) atoms. The summed E-state index contributed by atoms with van der Waals surface area (Å²) < 4.78 is 45.1. The van der Waals surface area contributed by atoms with Crippen LogP contribution < -0.4 is 9.62 Å². The van der Waals surface area contributed by atoms with E-state index in [1.807, 2.05) is 0 Å². The van der Waals surface area contributed by atoms with Gasteiger partial charge in [-0.2, -0.15) is 0 Å². The standard InChI is InChI=1S/C15H21FN2O3S/c16-14-10-12(17-13-4-3-8-21-11-13)5-6-15(14)18-7-1-2-9-22(18,19)20/h5-6,10,13,17H,1-4,7-9,11H2. The first-order valence-corrected chi connectivity index (χ1v) is 9.31. The van der Waals surface area contributed by atoms with Gasteiger partial charge in [0, 0.05) is 24.9 Å². The van der Waals surface area contributed by atoms with Crippen LogP contribution in [0.25, 0.3) is 0 Å². The van der Waals surface area contributed by atoms with Crippen molar-refractivity contribution in [1.82, 2.24) is 0 Å². The second-order valence-electron chi connectivity index (χ2n) is 5.82. The summed E-state index contributed by atoms with van der Waals surface area (Å²) in [6, 6.07) is 4.83. The van der Waals surface area contributed by atoms with E-state index in [1.54, 1.807) is 12.1 Å². The molecule has 0 radical (unpaired) electrons. The second kappa shape index (κ2) is 6.42. The predicted octanol–water partition coefficient (Wildman–Crippen LogP) is 2.35. The van der Waals surface area contributed by atoms with Crippen LogP contribution in [0.2, 0.25) is 0 Å². The maximum absolute atomic E-state index is 14.4. The molecule has 0 bridgehead atoms. The molecule has 5 nitrogen and oxygen atoms in total. The van der Waals surface area contributed by atoms with Crippen molar-refractivity contribution in [3.63, 3.8) is 0 Å². The normalized spacial score (nSPS) is 25.0. The fourth-order valence-corrected chi connectivity index (χ4v) is 4.59. The minimum Gasteiger partial charge on any atom is -0.380 e. The molecule has 122 valence electrons. The molecule has 1 aromatic rings. The Balaban J connectivity index is 1.77. The number of hydrogen-bond donors (Lipinski definition) is 1. The summed E-state index contributed by atoms with van der Waals surface area (Å²) >= 11 is 0. The van der Waals surface area contributed by atoms with Gasteiger partial charge in [0.05, 0.1) is 18.0 Å². The van der Waals surface area contributed by atoms with Crippen LogP contribution in [-0.2, 0) is 14.8 Å². The maximum Gasteiger partial charge on any atom is 0.235 e. The van der Waals surface area contributed by atoms with Crippen molar-refractivity contribution in [1.29, 1.82) is 0 Å².